The molecular formula is C31H47NO2. The molecule has 3 fully saturated rings. The molecule has 0 aromatic carbocycles. The van der Waals surface area contributed by atoms with Crippen LogP contribution in [0.3, 0.4) is 0 Å². The van der Waals surface area contributed by atoms with E-state index in [1.165, 1.54) is 38.5 Å². The van der Waals surface area contributed by atoms with Crippen LogP contribution in [0.25, 0.3) is 0 Å². The second-order valence-electron chi connectivity index (χ2n) is 13.5. The molecule has 0 spiro atoms. The Bertz CT molecular complexity index is 932. The third kappa shape index (κ3) is 3.99. The maximum atomic E-state index is 10.6. The summed E-state index contributed by atoms with van der Waals surface area (Å²) in [6.07, 6.45) is 16.3. The van der Waals surface area contributed by atoms with Crippen LogP contribution in [-0.4, -0.2) is 21.3 Å². The van der Waals surface area contributed by atoms with Gasteiger partial charge in [-0.25, -0.2) is 0 Å². The Morgan fingerprint density at radius 2 is 1.91 bits per heavy atom. The van der Waals surface area contributed by atoms with Crippen molar-refractivity contribution in [3.63, 3.8) is 0 Å². The lowest BCUT2D eigenvalue weighted by Gasteiger charge is -2.58. The molecule has 3 saturated carbocycles. The summed E-state index contributed by atoms with van der Waals surface area (Å²) in [5.41, 5.74) is 3.58. The van der Waals surface area contributed by atoms with Gasteiger partial charge in [-0.15, -0.1) is 0 Å². The molecule has 4 aliphatic carbocycles. The first kappa shape index (κ1) is 24.5. The minimum Gasteiger partial charge on any atom is -0.393 e. The van der Waals surface area contributed by atoms with Gasteiger partial charge in [-0.05, 0) is 125 Å². The van der Waals surface area contributed by atoms with Gasteiger partial charge in [-0.1, -0.05) is 38.5 Å². The van der Waals surface area contributed by atoms with Crippen LogP contribution >= 0.6 is 0 Å². The standard InChI is InChI=1S/C31H47NO2/c1-20(8-13-28-27(29(2,3)34)7-6-18-32-28)24-11-12-25-23-10-9-21-19-22(33)14-16-30(21,4)26(23)15-17-31(24,25)5/h6-7,9,18,20,22-26,33-34H,8,10-17,19H2,1-5H3/t20-,22+,23+,24-,25+,26+,30+,31-/m1/s1. The van der Waals surface area contributed by atoms with E-state index < -0.39 is 5.60 Å². The highest BCUT2D eigenvalue weighted by atomic mass is 16.3. The number of aryl methyl sites for hydroxylation is 1. The van der Waals surface area contributed by atoms with Gasteiger partial charge in [0.05, 0.1) is 11.7 Å². The lowest BCUT2D eigenvalue weighted by Crippen LogP contribution is -2.50. The summed E-state index contributed by atoms with van der Waals surface area (Å²) in [6, 6.07) is 3.98. The van der Waals surface area contributed by atoms with Crippen molar-refractivity contribution in [2.45, 2.75) is 111 Å². The van der Waals surface area contributed by atoms with E-state index in [2.05, 4.69) is 31.8 Å². The lowest BCUT2D eigenvalue weighted by atomic mass is 9.47. The Labute approximate surface area is 207 Å². The van der Waals surface area contributed by atoms with Crippen LogP contribution in [0.15, 0.2) is 30.0 Å². The molecule has 8 atom stereocenters. The number of allylic oxidation sites excluding steroid dienone is 1. The van der Waals surface area contributed by atoms with Gasteiger partial charge < -0.3 is 10.2 Å². The highest BCUT2D eigenvalue weighted by molar-refractivity contribution is 5.27. The third-order valence-corrected chi connectivity index (χ3v) is 11.2. The third-order valence-electron chi connectivity index (χ3n) is 11.2. The first-order valence-corrected chi connectivity index (χ1v) is 14.1. The zero-order chi connectivity index (χ0) is 24.3. The van der Waals surface area contributed by atoms with Crippen LogP contribution < -0.4 is 0 Å². The SMILES string of the molecule is C[C@H](CCc1ncccc1C(C)(C)O)[C@H]1CC[C@H]2[C@@H]3CC=C4C[C@@H](O)CC[C@]4(C)[C@H]3CC[C@]12C. The Morgan fingerprint density at radius 1 is 1.12 bits per heavy atom. The smallest absolute Gasteiger partial charge is 0.0858 e. The van der Waals surface area contributed by atoms with E-state index in [-0.39, 0.29) is 6.10 Å². The Hall–Kier alpha value is -1.19. The highest BCUT2D eigenvalue weighted by Crippen LogP contribution is 2.67. The predicted octanol–water partition coefficient (Wildman–Crippen LogP) is 6.82. The molecule has 3 nitrogen and oxygen atoms in total. The molecule has 1 aromatic heterocycles. The Balaban J connectivity index is 1.30. The Morgan fingerprint density at radius 3 is 2.68 bits per heavy atom. The number of fused-ring (bicyclic) bond motifs is 5. The van der Waals surface area contributed by atoms with E-state index in [0.717, 1.165) is 60.6 Å². The van der Waals surface area contributed by atoms with Gasteiger partial charge in [-0.3, -0.25) is 4.98 Å². The fourth-order valence-corrected chi connectivity index (χ4v) is 9.38. The maximum Gasteiger partial charge on any atom is 0.0858 e. The van der Waals surface area contributed by atoms with Crippen LogP contribution in [-0.2, 0) is 12.0 Å². The number of rotatable bonds is 5. The van der Waals surface area contributed by atoms with Crippen molar-refractivity contribution in [3.8, 4) is 0 Å². The average molecular weight is 466 g/mol. The van der Waals surface area contributed by atoms with Crippen molar-refractivity contribution >= 4 is 0 Å². The topological polar surface area (TPSA) is 53.4 Å². The molecule has 0 saturated heterocycles. The van der Waals surface area contributed by atoms with Crippen molar-refractivity contribution in [1.82, 2.24) is 4.98 Å². The van der Waals surface area contributed by atoms with Gasteiger partial charge in [0.2, 0.25) is 0 Å². The minimum absolute atomic E-state index is 0.113. The molecule has 0 bridgehead atoms. The summed E-state index contributed by atoms with van der Waals surface area (Å²) in [5, 5.41) is 20.9. The van der Waals surface area contributed by atoms with Gasteiger partial charge in [0.15, 0.2) is 0 Å². The monoisotopic (exact) mass is 465 g/mol. The molecule has 4 aliphatic rings. The molecule has 5 rings (SSSR count). The quantitative estimate of drug-likeness (QED) is 0.469. The van der Waals surface area contributed by atoms with Gasteiger partial charge in [0.1, 0.15) is 0 Å². The molecule has 2 N–H and O–H groups in total. The number of pyridine rings is 1. The van der Waals surface area contributed by atoms with Gasteiger partial charge >= 0.3 is 0 Å². The molecule has 1 heterocycles. The minimum atomic E-state index is -0.839. The van der Waals surface area contributed by atoms with E-state index in [4.69, 9.17) is 0 Å². The first-order chi connectivity index (χ1) is 16.0. The molecule has 188 valence electrons. The zero-order valence-electron chi connectivity index (χ0n) is 22.2. The van der Waals surface area contributed by atoms with E-state index in [9.17, 15) is 10.2 Å². The fourth-order valence-electron chi connectivity index (χ4n) is 9.38. The maximum absolute atomic E-state index is 10.6. The summed E-state index contributed by atoms with van der Waals surface area (Å²) in [6.45, 7) is 11.4. The van der Waals surface area contributed by atoms with Crippen molar-refractivity contribution in [2.75, 3.05) is 0 Å². The van der Waals surface area contributed by atoms with Crippen LogP contribution in [0.1, 0.15) is 104 Å². The summed E-state index contributed by atoms with van der Waals surface area (Å²) in [4.78, 5) is 4.66. The fraction of sp³-hybridized carbons (Fsp3) is 0.774. The molecule has 0 amide bonds. The van der Waals surface area contributed by atoms with Crippen molar-refractivity contribution in [2.24, 2.45) is 40.4 Å². The molecule has 0 unspecified atom stereocenters. The summed E-state index contributed by atoms with van der Waals surface area (Å²) >= 11 is 0. The predicted molar refractivity (Wildman–Crippen MR) is 138 cm³/mol. The number of hydrogen-bond acceptors (Lipinski definition) is 3. The normalized spacial score (nSPS) is 40.7. The molecule has 34 heavy (non-hydrogen) atoms. The first-order valence-electron chi connectivity index (χ1n) is 14.1. The van der Waals surface area contributed by atoms with E-state index in [1.807, 2.05) is 32.2 Å². The molecule has 1 aromatic rings. The van der Waals surface area contributed by atoms with E-state index >= 15 is 0 Å². The zero-order valence-corrected chi connectivity index (χ0v) is 22.2. The number of hydrogen-bond donors (Lipinski definition) is 2. The van der Waals surface area contributed by atoms with E-state index in [0.29, 0.717) is 16.7 Å². The van der Waals surface area contributed by atoms with Crippen LogP contribution in [0.4, 0.5) is 0 Å². The van der Waals surface area contributed by atoms with Gasteiger partial charge in [0, 0.05) is 17.5 Å². The van der Waals surface area contributed by atoms with Crippen LogP contribution in [0.2, 0.25) is 0 Å². The molecule has 3 heteroatoms. The molecule has 0 aliphatic heterocycles. The number of aliphatic hydroxyl groups is 2. The molecule has 0 radical (unpaired) electrons. The second-order valence-corrected chi connectivity index (χ2v) is 13.5. The van der Waals surface area contributed by atoms with Gasteiger partial charge in [0.25, 0.3) is 0 Å². The van der Waals surface area contributed by atoms with Crippen LogP contribution in [0, 0.1) is 40.4 Å². The van der Waals surface area contributed by atoms with Crippen molar-refractivity contribution < 1.29 is 10.2 Å². The largest absolute Gasteiger partial charge is 0.393 e. The highest BCUT2D eigenvalue weighted by Gasteiger charge is 2.59. The summed E-state index contributed by atoms with van der Waals surface area (Å²) < 4.78 is 0. The summed E-state index contributed by atoms with van der Waals surface area (Å²) in [5.74, 6) is 3.96. The van der Waals surface area contributed by atoms with Crippen molar-refractivity contribution in [3.05, 3.63) is 41.2 Å². The average Bonchev–Trinajstić information content (AvgIpc) is 3.15. The number of aliphatic hydroxyl groups excluding tert-OH is 1. The number of nitrogens with zero attached hydrogens (tertiary/aromatic N) is 1. The van der Waals surface area contributed by atoms with E-state index in [1.54, 1.807) is 5.57 Å². The lowest BCUT2D eigenvalue weighted by molar-refractivity contribution is -0.0571. The Kier molecular flexibility index (Phi) is 6.29. The number of aromatic nitrogens is 1. The van der Waals surface area contributed by atoms with Crippen molar-refractivity contribution in [1.29, 1.82) is 0 Å². The second kappa shape index (κ2) is 8.73. The molecular weight excluding hydrogens is 418 g/mol. The van der Waals surface area contributed by atoms with Crippen LogP contribution in [0.5, 0.6) is 0 Å². The van der Waals surface area contributed by atoms with Gasteiger partial charge in [-0.2, -0.15) is 0 Å². The summed E-state index contributed by atoms with van der Waals surface area (Å²) in [7, 11) is 0.